The van der Waals surface area contributed by atoms with Crippen molar-refractivity contribution in [2.24, 2.45) is 0 Å². The largest absolute Gasteiger partial charge is 0.491 e. The summed E-state index contributed by atoms with van der Waals surface area (Å²) in [5, 5.41) is 3.61. The van der Waals surface area contributed by atoms with Crippen molar-refractivity contribution >= 4 is 22.1 Å². The van der Waals surface area contributed by atoms with E-state index < -0.39 is 16.9 Å². The molecule has 0 aliphatic carbocycles. The molecular formula is C21H21NO8. The summed E-state index contributed by atoms with van der Waals surface area (Å²) in [6, 6.07) is 4.95. The normalized spacial score (nSPS) is 16.6. The third-order valence-corrected chi connectivity index (χ3v) is 4.71. The Bertz CT molecular complexity index is 1260. The summed E-state index contributed by atoms with van der Waals surface area (Å²) in [5.41, 5.74) is -1.83. The Morgan fingerprint density at radius 1 is 1.07 bits per heavy atom. The highest BCUT2D eigenvalue weighted by Crippen LogP contribution is 2.30. The van der Waals surface area contributed by atoms with Crippen molar-refractivity contribution in [1.29, 1.82) is 0 Å². The van der Waals surface area contributed by atoms with Crippen molar-refractivity contribution in [3.8, 4) is 5.75 Å². The SMILES string of the molecule is CCCc1c2oc(=O)ccc(=O)oc3cc(OCC4CNCCO4)cc(oc2=O)c13. The number of hydrogen-bond donors (Lipinski definition) is 1. The van der Waals surface area contributed by atoms with E-state index in [1.807, 2.05) is 6.92 Å². The van der Waals surface area contributed by atoms with Gasteiger partial charge in [-0.15, -0.1) is 0 Å². The van der Waals surface area contributed by atoms with Crippen LogP contribution in [-0.2, 0) is 11.2 Å². The molecule has 0 saturated carbocycles. The molecule has 2 aromatic heterocycles. The molecule has 1 saturated heterocycles. The van der Waals surface area contributed by atoms with Crippen molar-refractivity contribution in [2.45, 2.75) is 25.9 Å². The van der Waals surface area contributed by atoms with Crippen LogP contribution in [0.2, 0.25) is 0 Å². The Kier molecular flexibility index (Phi) is 5.82. The molecule has 158 valence electrons. The van der Waals surface area contributed by atoms with Crippen molar-refractivity contribution in [3.05, 3.63) is 61.1 Å². The van der Waals surface area contributed by atoms with Gasteiger partial charge in [-0.2, -0.15) is 0 Å². The topological polar surface area (TPSA) is 121 Å². The third kappa shape index (κ3) is 4.22. The molecule has 3 heterocycles. The van der Waals surface area contributed by atoms with Crippen LogP contribution in [-0.4, -0.2) is 32.4 Å². The summed E-state index contributed by atoms with van der Waals surface area (Å²) in [7, 11) is 0. The van der Waals surface area contributed by atoms with E-state index in [1.165, 1.54) is 0 Å². The molecule has 1 atom stereocenters. The van der Waals surface area contributed by atoms with Crippen molar-refractivity contribution in [3.63, 3.8) is 0 Å². The second-order valence-electron chi connectivity index (χ2n) is 6.93. The molecule has 1 aromatic carbocycles. The van der Waals surface area contributed by atoms with Gasteiger partial charge in [0.15, 0.2) is 0 Å². The first-order chi connectivity index (χ1) is 14.5. The zero-order valence-electron chi connectivity index (χ0n) is 16.4. The minimum absolute atomic E-state index is 0.126. The van der Waals surface area contributed by atoms with E-state index in [0.717, 1.165) is 18.7 Å². The van der Waals surface area contributed by atoms with Gasteiger partial charge < -0.3 is 28.0 Å². The molecule has 9 nitrogen and oxygen atoms in total. The van der Waals surface area contributed by atoms with E-state index in [1.54, 1.807) is 12.1 Å². The quantitative estimate of drug-likeness (QED) is 0.621. The average Bonchev–Trinajstić information content (AvgIpc) is 2.73. The highest BCUT2D eigenvalue weighted by atomic mass is 16.5. The van der Waals surface area contributed by atoms with Gasteiger partial charge in [0.25, 0.3) is 0 Å². The smallest absolute Gasteiger partial charge is 0.380 e. The van der Waals surface area contributed by atoms with Crippen LogP contribution in [0.3, 0.4) is 0 Å². The van der Waals surface area contributed by atoms with Crippen LogP contribution in [0.1, 0.15) is 18.9 Å². The molecule has 0 amide bonds. The van der Waals surface area contributed by atoms with E-state index in [4.69, 9.17) is 22.7 Å². The Hall–Kier alpha value is -3.17. The van der Waals surface area contributed by atoms with E-state index in [9.17, 15) is 14.4 Å². The molecule has 0 radical (unpaired) electrons. The minimum Gasteiger partial charge on any atom is -0.491 e. The molecule has 2 bridgehead atoms. The zero-order chi connectivity index (χ0) is 21.1. The highest BCUT2D eigenvalue weighted by Gasteiger charge is 2.19. The molecule has 1 unspecified atom stereocenters. The molecule has 1 aliphatic heterocycles. The van der Waals surface area contributed by atoms with Crippen LogP contribution in [0.5, 0.6) is 5.75 Å². The lowest BCUT2D eigenvalue weighted by Crippen LogP contribution is -2.41. The Balaban J connectivity index is 1.93. The molecule has 0 spiro atoms. The summed E-state index contributed by atoms with van der Waals surface area (Å²) >= 11 is 0. The predicted octanol–water partition coefficient (Wildman–Crippen LogP) is 1.73. The van der Waals surface area contributed by atoms with Crippen LogP contribution in [0.15, 0.2) is 51.9 Å². The predicted molar refractivity (Wildman–Crippen MR) is 108 cm³/mol. The fraction of sp³-hybridized carbons (Fsp3) is 0.381. The number of hydrogen-bond acceptors (Lipinski definition) is 9. The van der Waals surface area contributed by atoms with Gasteiger partial charge in [-0.25, -0.2) is 14.4 Å². The second kappa shape index (κ2) is 8.68. The molecule has 1 aliphatic rings. The van der Waals surface area contributed by atoms with Gasteiger partial charge in [0.1, 0.15) is 29.6 Å². The Morgan fingerprint density at radius 2 is 1.80 bits per heavy atom. The first-order valence-corrected chi connectivity index (χ1v) is 9.75. The molecule has 3 aromatic rings. The van der Waals surface area contributed by atoms with Gasteiger partial charge >= 0.3 is 16.9 Å². The number of rotatable bonds is 5. The van der Waals surface area contributed by atoms with Gasteiger partial charge in [0.05, 0.1) is 12.0 Å². The number of morpholine rings is 1. The van der Waals surface area contributed by atoms with Crippen LogP contribution < -0.4 is 26.9 Å². The van der Waals surface area contributed by atoms with Gasteiger partial charge in [0.2, 0.25) is 5.58 Å². The van der Waals surface area contributed by atoms with E-state index in [-0.39, 0.29) is 29.5 Å². The fourth-order valence-electron chi connectivity index (χ4n) is 3.41. The highest BCUT2D eigenvalue weighted by molar-refractivity contribution is 5.97. The number of nitrogens with one attached hydrogen (secondary N) is 1. The van der Waals surface area contributed by atoms with Crippen LogP contribution in [0, 0.1) is 0 Å². The van der Waals surface area contributed by atoms with E-state index >= 15 is 0 Å². The molecule has 4 rings (SSSR count). The van der Waals surface area contributed by atoms with Crippen molar-refractivity contribution in [1.82, 2.24) is 5.32 Å². The number of fused-ring (bicyclic) bond motifs is 1. The zero-order valence-corrected chi connectivity index (χ0v) is 16.4. The van der Waals surface area contributed by atoms with Crippen molar-refractivity contribution < 1.29 is 22.7 Å². The van der Waals surface area contributed by atoms with Crippen molar-refractivity contribution in [2.75, 3.05) is 26.3 Å². The number of ether oxygens (including phenoxy) is 2. The van der Waals surface area contributed by atoms with Crippen LogP contribution in [0.4, 0.5) is 0 Å². The molecule has 30 heavy (non-hydrogen) atoms. The summed E-state index contributed by atoms with van der Waals surface area (Å²) in [5.74, 6) is 0.357. The molecule has 9 heteroatoms. The number of aryl methyl sites for hydroxylation is 1. The summed E-state index contributed by atoms with van der Waals surface area (Å²) in [4.78, 5) is 36.6. The third-order valence-electron chi connectivity index (χ3n) is 4.71. The fourth-order valence-corrected chi connectivity index (χ4v) is 3.41. The van der Waals surface area contributed by atoms with Gasteiger partial charge in [-0.05, 0) is 6.42 Å². The van der Waals surface area contributed by atoms with E-state index in [2.05, 4.69) is 5.32 Å². The maximum atomic E-state index is 12.5. The maximum Gasteiger partial charge on any atom is 0.380 e. The molecule has 1 fully saturated rings. The number of benzene rings is 1. The lowest BCUT2D eigenvalue weighted by atomic mass is 10.0. The molecule has 1 N–H and O–H groups in total. The Morgan fingerprint density at radius 3 is 2.50 bits per heavy atom. The first-order valence-electron chi connectivity index (χ1n) is 9.75. The average molecular weight is 415 g/mol. The summed E-state index contributed by atoms with van der Waals surface area (Å²) < 4.78 is 27.4. The standard InChI is InChI=1S/C21H21NO8/c1-2-3-14-19-15-8-12(27-11-13-10-22-6-7-26-13)9-16(19)29-21(25)20(14)30-18(24)5-4-17(23)28-15/h4-5,8-9,13,22H,2-3,6-7,10-11H2,1H3. The Labute approximate surface area is 169 Å². The molecular weight excluding hydrogens is 394 g/mol. The van der Waals surface area contributed by atoms with Gasteiger partial charge in [0, 0.05) is 42.9 Å². The summed E-state index contributed by atoms with van der Waals surface area (Å²) in [6.45, 7) is 4.23. The van der Waals surface area contributed by atoms with Crippen LogP contribution in [0.25, 0.3) is 22.1 Å². The monoisotopic (exact) mass is 415 g/mol. The minimum atomic E-state index is -0.861. The van der Waals surface area contributed by atoms with Gasteiger partial charge in [-0.3, -0.25) is 0 Å². The first kappa shape index (κ1) is 20.1. The second-order valence-corrected chi connectivity index (χ2v) is 6.93. The lowest BCUT2D eigenvalue weighted by Gasteiger charge is -2.23. The summed E-state index contributed by atoms with van der Waals surface area (Å²) in [6.07, 6.45) is 0.954. The lowest BCUT2D eigenvalue weighted by molar-refractivity contribution is 0.000211. The van der Waals surface area contributed by atoms with Gasteiger partial charge in [-0.1, -0.05) is 13.3 Å². The van der Waals surface area contributed by atoms with E-state index in [0.29, 0.717) is 42.7 Å². The van der Waals surface area contributed by atoms with Crippen LogP contribution >= 0.6 is 0 Å². The maximum absolute atomic E-state index is 12.5.